The number of nitrogens with two attached hydrogens (primary N) is 1. The molecule has 0 aromatic heterocycles. The van der Waals surface area contributed by atoms with E-state index in [2.05, 4.69) is 10.3 Å². The summed E-state index contributed by atoms with van der Waals surface area (Å²) in [5.74, 6) is -0.0739. The zero-order valence-corrected chi connectivity index (χ0v) is 15.2. The fourth-order valence-electron chi connectivity index (χ4n) is 2.05. The van der Waals surface area contributed by atoms with Crippen LogP contribution in [-0.2, 0) is 16.5 Å². The summed E-state index contributed by atoms with van der Waals surface area (Å²) >= 11 is 0. The molecule has 6 nitrogen and oxygen atoms in total. The maximum Gasteiger partial charge on any atom is 0.266 e. The summed E-state index contributed by atoms with van der Waals surface area (Å²) in [7, 11) is -4.08. The fourth-order valence-corrected chi connectivity index (χ4v) is 2.66. The summed E-state index contributed by atoms with van der Waals surface area (Å²) in [6, 6.07) is 9.25. The molecule has 132 valence electrons. The molecular weight excluding hydrogens is 314 g/mol. The first-order valence-electron chi connectivity index (χ1n) is 7.99. The largest absolute Gasteiger partial charge is 0.368 e. The fraction of sp³-hybridized carbons (Fsp3) is 0.562. The number of aliphatic imine (C=N–C) groups is 1. The summed E-state index contributed by atoms with van der Waals surface area (Å²) in [6.45, 7) is 8.56. The molecule has 0 saturated heterocycles. The van der Waals surface area contributed by atoms with Crippen molar-refractivity contribution in [1.29, 1.82) is 0 Å². The van der Waals surface area contributed by atoms with Crippen LogP contribution in [0.15, 0.2) is 35.3 Å². The number of rotatable bonds is 5. The van der Waals surface area contributed by atoms with Gasteiger partial charge in [-0.3, -0.25) is 9.55 Å². The van der Waals surface area contributed by atoms with E-state index >= 15 is 0 Å². The van der Waals surface area contributed by atoms with Crippen molar-refractivity contribution in [1.82, 2.24) is 5.32 Å². The monoisotopic (exact) mass is 343 g/mol. The van der Waals surface area contributed by atoms with Crippen molar-refractivity contribution in [2.24, 2.45) is 10.7 Å². The van der Waals surface area contributed by atoms with Gasteiger partial charge in [0.25, 0.3) is 10.1 Å². The second kappa shape index (κ2) is 11.2. The summed E-state index contributed by atoms with van der Waals surface area (Å²) < 4.78 is 30.3. The number of benzene rings is 1. The molecule has 2 rings (SSSR count). The van der Waals surface area contributed by atoms with Crippen LogP contribution in [0.2, 0.25) is 0 Å². The van der Waals surface area contributed by atoms with Gasteiger partial charge in [-0.25, -0.2) is 0 Å². The lowest BCUT2D eigenvalue weighted by Gasteiger charge is -2.15. The molecule has 0 aliphatic carbocycles. The molecule has 1 aliphatic rings. The van der Waals surface area contributed by atoms with Crippen molar-refractivity contribution >= 4 is 16.0 Å². The van der Waals surface area contributed by atoms with Crippen LogP contribution in [0.3, 0.4) is 0 Å². The van der Waals surface area contributed by atoms with Crippen LogP contribution in [0, 0.1) is 0 Å². The maximum atomic E-state index is 10.8. The molecule has 23 heavy (non-hydrogen) atoms. The number of nitrogens with one attached hydrogen (secondary N) is 1. The Morgan fingerprint density at radius 1 is 1.26 bits per heavy atom. The molecule has 0 bridgehead atoms. The first kappa shape index (κ1) is 21.6. The Kier molecular flexibility index (Phi) is 10.5. The van der Waals surface area contributed by atoms with E-state index in [0.717, 1.165) is 6.42 Å². The Morgan fingerprint density at radius 3 is 2.35 bits per heavy atom. The molecule has 1 aromatic carbocycles. The van der Waals surface area contributed by atoms with Gasteiger partial charge in [0, 0.05) is 0 Å². The molecule has 0 spiro atoms. The van der Waals surface area contributed by atoms with Gasteiger partial charge in [-0.15, -0.1) is 0 Å². The molecule has 2 unspecified atom stereocenters. The van der Waals surface area contributed by atoms with Gasteiger partial charge in [0.05, 0.1) is 24.4 Å². The third-order valence-corrected chi connectivity index (χ3v) is 3.68. The number of amidine groups is 1. The molecule has 0 amide bonds. The molecule has 7 heteroatoms. The summed E-state index contributed by atoms with van der Waals surface area (Å²) in [4.78, 5) is 4.20. The van der Waals surface area contributed by atoms with Crippen LogP contribution < -0.4 is 11.1 Å². The molecule has 0 radical (unpaired) electrons. The van der Waals surface area contributed by atoms with Crippen LogP contribution in [-0.4, -0.2) is 43.2 Å². The molecule has 0 saturated carbocycles. The Balaban J connectivity index is 0.00000112. The lowest BCUT2D eigenvalue weighted by Crippen LogP contribution is -2.45. The summed E-state index contributed by atoms with van der Waals surface area (Å²) in [5.41, 5.74) is 6.87. The molecule has 1 aliphatic heterocycles. The predicted octanol–water partition coefficient (Wildman–Crippen LogP) is 1.87. The number of hydrogen-bond acceptors (Lipinski definition) is 5. The minimum absolute atomic E-state index is 0.116. The van der Waals surface area contributed by atoms with E-state index in [4.69, 9.17) is 10.3 Å². The highest BCUT2D eigenvalue weighted by atomic mass is 32.2. The second-order valence-electron chi connectivity index (χ2n) is 4.61. The first-order valence-corrected chi connectivity index (χ1v) is 9.60. The molecule has 1 aromatic rings. The van der Waals surface area contributed by atoms with Crippen LogP contribution >= 0.6 is 0 Å². The third-order valence-electron chi connectivity index (χ3n) is 2.90. The lowest BCUT2D eigenvalue weighted by molar-refractivity contribution is 0.481. The predicted molar refractivity (Wildman–Crippen MR) is 96.5 cm³/mol. The Morgan fingerprint density at radius 2 is 1.83 bits per heavy atom. The average Bonchev–Trinajstić information content (AvgIpc) is 2.99. The van der Waals surface area contributed by atoms with E-state index < -0.39 is 21.9 Å². The minimum Gasteiger partial charge on any atom is -0.368 e. The van der Waals surface area contributed by atoms with Gasteiger partial charge < -0.3 is 11.1 Å². The normalized spacial score (nSPS) is 17.7. The van der Waals surface area contributed by atoms with Crippen molar-refractivity contribution in [3.05, 3.63) is 35.9 Å². The number of nitrogens with zero attached hydrogens (tertiary/aromatic N) is 1. The highest BCUT2D eigenvalue weighted by Crippen LogP contribution is 2.08. The van der Waals surface area contributed by atoms with Crippen LogP contribution in [0.5, 0.6) is 0 Å². The van der Waals surface area contributed by atoms with Gasteiger partial charge in [-0.2, -0.15) is 8.42 Å². The second-order valence-corrected chi connectivity index (χ2v) is 6.11. The van der Waals surface area contributed by atoms with E-state index in [1.54, 1.807) is 0 Å². The minimum atomic E-state index is -4.08. The van der Waals surface area contributed by atoms with E-state index in [9.17, 15) is 8.42 Å². The van der Waals surface area contributed by atoms with Gasteiger partial charge in [-0.1, -0.05) is 58.0 Å². The van der Waals surface area contributed by atoms with Gasteiger partial charge in [0.1, 0.15) is 5.84 Å². The third kappa shape index (κ3) is 8.68. The zero-order chi connectivity index (χ0) is 17.9. The van der Waals surface area contributed by atoms with Crippen molar-refractivity contribution in [2.45, 2.75) is 46.2 Å². The molecule has 1 heterocycles. The van der Waals surface area contributed by atoms with Crippen molar-refractivity contribution in [3.8, 4) is 0 Å². The van der Waals surface area contributed by atoms with Crippen LogP contribution in [0.1, 0.15) is 33.3 Å². The Bertz CT molecular complexity index is 559. The van der Waals surface area contributed by atoms with Crippen molar-refractivity contribution in [3.63, 3.8) is 0 Å². The van der Waals surface area contributed by atoms with Gasteiger partial charge >= 0.3 is 0 Å². The maximum absolute atomic E-state index is 10.8. The number of hydrogen-bond donors (Lipinski definition) is 3. The average molecular weight is 343 g/mol. The standard InChI is InChI=1S/C12H17N3O3S.2C2H6/c13-11(8-19(16,17)18)12-14-7-10(15-12)6-9-4-2-1-3-5-9;2*1-2/h1-5,10-11H,6-8,13H2,(H,14,15)(H,16,17,18);2*1-2H3. The SMILES string of the molecule is CC.CC.NC(CS(=O)(=O)O)C1=NCC(Cc2ccccc2)N1. The van der Waals surface area contributed by atoms with Crippen LogP contribution in [0.4, 0.5) is 0 Å². The highest BCUT2D eigenvalue weighted by molar-refractivity contribution is 7.85. The smallest absolute Gasteiger partial charge is 0.266 e. The van der Waals surface area contributed by atoms with E-state index in [-0.39, 0.29) is 6.04 Å². The van der Waals surface area contributed by atoms with E-state index in [1.807, 2.05) is 58.0 Å². The highest BCUT2D eigenvalue weighted by Gasteiger charge is 2.25. The van der Waals surface area contributed by atoms with Crippen LogP contribution in [0.25, 0.3) is 0 Å². The van der Waals surface area contributed by atoms with Crippen molar-refractivity contribution in [2.75, 3.05) is 12.3 Å². The Labute approximate surface area is 140 Å². The topological polar surface area (TPSA) is 105 Å². The first-order chi connectivity index (χ1) is 10.9. The Hall–Kier alpha value is -1.44. The quantitative estimate of drug-likeness (QED) is 0.708. The molecular formula is C16H29N3O3S. The zero-order valence-electron chi connectivity index (χ0n) is 14.4. The van der Waals surface area contributed by atoms with Gasteiger partial charge in [-0.05, 0) is 12.0 Å². The molecule has 2 atom stereocenters. The van der Waals surface area contributed by atoms with E-state index in [1.165, 1.54) is 5.56 Å². The molecule has 4 N–H and O–H groups in total. The lowest BCUT2D eigenvalue weighted by atomic mass is 10.1. The van der Waals surface area contributed by atoms with Crippen molar-refractivity contribution < 1.29 is 13.0 Å². The van der Waals surface area contributed by atoms with Gasteiger partial charge in [0.15, 0.2) is 0 Å². The van der Waals surface area contributed by atoms with Gasteiger partial charge in [0.2, 0.25) is 0 Å². The van der Waals surface area contributed by atoms with E-state index in [0.29, 0.717) is 12.4 Å². The molecule has 0 fully saturated rings. The summed E-state index contributed by atoms with van der Waals surface area (Å²) in [6.07, 6.45) is 0.798. The summed E-state index contributed by atoms with van der Waals surface area (Å²) in [5, 5.41) is 3.11.